The summed E-state index contributed by atoms with van der Waals surface area (Å²) >= 11 is 3.21. The number of halogens is 1. The summed E-state index contributed by atoms with van der Waals surface area (Å²) in [5.41, 5.74) is 1.47. The van der Waals surface area contributed by atoms with E-state index < -0.39 is 17.9 Å². The second-order valence-corrected chi connectivity index (χ2v) is 6.89. The highest BCUT2D eigenvalue weighted by Crippen LogP contribution is 2.24. The van der Waals surface area contributed by atoms with E-state index in [0.717, 1.165) is 5.56 Å². The number of hydrogen-bond acceptors (Lipinski definition) is 5. The van der Waals surface area contributed by atoms with Gasteiger partial charge in [0.05, 0.1) is 25.7 Å². The van der Waals surface area contributed by atoms with Gasteiger partial charge in [0.15, 0.2) is 10.4 Å². The number of amides is 1. The first-order chi connectivity index (χ1) is 12.3. The Morgan fingerprint density at radius 3 is 2.38 bits per heavy atom. The van der Waals surface area contributed by atoms with Crippen molar-refractivity contribution in [2.75, 3.05) is 7.11 Å². The molecule has 0 saturated heterocycles. The summed E-state index contributed by atoms with van der Waals surface area (Å²) in [4.78, 5) is 24.7. The molecule has 1 aromatic carbocycles. The predicted octanol–water partition coefficient (Wildman–Crippen LogP) is 4.17. The van der Waals surface area contributed by atoms with Crippen LogP contribution >= 0.6 is 15.9 Å². The number of aryl methyl sites for hydroxylation is 1. The Morgan fingerprint density at radius 2 is 1.88 bits per heavy atom. The summed E-state index contributed by atoms with van der Waals surface area (Å²) in [6.07, 6.45) is -0.213. The molecule has 0 fully saturated rings. The van der Waals surface area contributed by atoms with Gasteiger partial charge in [-0.1, -0.05) is 12.1 Å². The lowest BCUT2D eigenvalue weighted by atomic mass is 10.0. The molecule has 1 aromatic heterocycles. The standard InChI is InChI=1S/C19H22BrNO5/c1-11(2)25-17(22)10-15(13-5-7-14(24-4)8-6-13)21-19(23)18-12(3)9-16(20)26-18/h5-9,11,15H,10H2,1-4H3,(H,21,23)/t15-/m1/s1. The molecule has 0 spiro atoms. The molecule has 2 rings (SSSR count). The van der Waals surface area contributed by atoms with Gasteiger partial charge in [-0.05, 0) is 60.5 Å². The van der Waals surface area contributed by atoms with Crippen molar-refractivity contribution in [2.45, 2.75) is 39.3 Å². The molecule has 6 nitrogen and oxygen atoms in total. The first-order valence-electron chi connectivity index (χ1n) is 8.20. The number of methoxy groups -OCH3 is 1. The second-order valence-electron chi connectivity index (χ2n) is 6.10. The fourth-order valence-corrected chi connectivity index (χ4v) is 2.96. The molecular formula is C19H22BrNO5. The van der Waals surface area contributed by atoms with Crippen molar-refractivity contribution in [3.63, 3.8) is 0 Å². The van der Waals surface area contributed by atoms with E-state index in [1.54, 1.807) is 58.2 Å². The molecular weight excluding hydrogens is 402 g/mol. The van der Waals surface area contributed by atoms with E-state index >= 15 is 0 Å². The molecule has 140 valence electrons. The van der Waals surface area contributed by atoms with Gasteiger partial charge in [0, 0.05) is 5.56 Å². The Morgan fingerprint density at radius 1 is 1.23 bits per heavy atom. The molecule has 1 N–H and O–H groups in total. The van der Waals surface area contributed by atoms with Crippen LogP contribution in [0.4, 0.5) is 0 Å². The van der Waals surface area contributed by atoms with Crippen molar-refractivity contribution in [1.29, 1.82) is 0 Å². The zero-order valence-electron chi connectivity index (χ0n) is 15.2. The van der Waals surface area contributed by atoms with Gasteiger partial charge >= 0.3 is 5.97 Å². The van der Waals surface area contributed by atoms with Crippen molar-refractivity contribution >= 4 is 27.8 Å². The van der Waals surface area contributed by atoms with Gasteiger partial charge in [0.25, 0.3) is 5.91 Å². The minimum Gasteiger partial charge on any atom is -0.497 e. The van der Waals surface area contributed by atoms with Crippen molar-refractivity contribution in [1.82, 2.24) is 5.32 Å². The largest absolute Gasteiger partial charge is 0.497 e. The summed E-state index contributed by atoms with van der Waals surface area (Å²) in [6, 6.07) is 8.32. The third kappa shape index (κ3) is 5.36. The SMILES string of the molecule is COc1ccc([C@@H](CC(=O)OC(C)C)NC(=O)c2oc(Br)cc2C)cc1. The molecule has 0 aliphatic heterocycles. The quantitative estimate of drug-likeness (QED) is 0.675. The fourth-order valence-electron chi connectivity index (χ4n) is 2.46. The number of benzene rings is 1. The molecule has 0 aliphatic carbocycles. The number of furan rings is 1. The number of esters is 1. The number of carbonyl (C=O) groups is 2. The first-order valence-corrected chi connectivity index (χ1v) is 8.99. The summed E-state index contributed by atoms with van der Waals surface area (Å²) in [7, 11) is 1.58. The maximum Gasteiger partial charge on any atom is 0.308 e. The molecule has 0 aliphatic rings. The van der Waals surface area contributed by atoms with E-state index in [4.69, 9.17) is 13.9 Å². The van der Waals surface area contributed by atoms with E-state index in [9.17, 15) is 9.59 Å². The molecule has 0 radical (unpaired) electrons. The molecule has 1 atom stereocenters. The summed E-state index contributed by atoms with van der Waals surface area (Å²) in [5.74, 6) is 0.104. The Bertz CT molecular complexity index is 767. The monoisotopic (exact) mass is 423 g/mol. The van der Waals surface area contributed by atoms with Crippen molar-refractivity contribution in [3.05, 3.63) is 51.9 Å². The Kier molecular flexibility index (Phi) is 6.85. The van der Waals surface area contributed by atoms with Crippen LogP contribution in [0.15, 0.2) is 39.4 Å². The minimum atomic E-state index is -0.553. The number of hydrogen-bond donors (Lipinski definition) is 1. The van der Waals surface area contributed by atoms with Crippen molar-refractivity contribution < 1.29 is 23.5 Å². The minimum absolute atomic E-state index is 0.0111. The molecule has 2 aromatic rings. The van der Waals surface area contributed by atoms with Gasteiger partial charge in [0.1, 0.15) is 5.75 Å². The lowest BCUT2D eigenvalue weighted by molar-refractivity contribution is -0.147. The van der Waals surface area contributed by atoms with Crippen LogP contribution < -0.4 is 10.1 Å². The van der Waals surface area contributed by atoms with Crippen molar-refractivity contribution in [3.8, 4) is 5.75 Å². The van der Waals surface area contributed by atoms with Crippen LogP contribution in [0.2, 0.25) is 0 Å². The van der Waals surface area contributed by atoms with Crippen LogP contribution in [0, 0.1) is 6.92 Å². The highest BCUT2D eigenvalue weighted by atomic mass is 79.9. The van der Waals surface area contributed by atoms with E-state index in [2.05, 4.69) is 21.2 Å². The van der Waals surface area contributed by atoms with E-state index in [1.165, 1.54) is 0 Å². The maximum absolute atomic E-state index is 12.6. The predicted molar refractivity (Wildman–Crippen MR) is 100 cm³/mol. The summed E-state index contributed by atoms with van der Waals surface area (Å²) in [6.45, 7) is 5.34. The number of carbonyl (C=O) groups excluding carboxylic acids is 2. The third-order valence-electron chi connectivity index (χ3n) is 3.66. The molecule has 0 unspecified atom stereocenters. The summed E-state index contributed by atoms with van der Waals surface area (Å²) < 4.78 is 16.2. The topological polar surface area (TPSA) is 77.8 Å². The molecule has 26 heavy (non-hydrogen) atoms. The number of ether oxygens (including phenoxy) is 2. The highest BCUT2D eigenvalue weighted by molar-refractivity contribution is 9.10. The Hall–Kier alpha value is -2.28. The zero-order valence-corrected chi connectivity index (χ0v) is 16.8. The highest BCUT2D eigenvalue weighted by Gasteiger charge is 2.23. The van der Waals surface area contributed by atoms with Gasteiger partial charge < -0.3 is 19.2 Å². The first kappa shape index (κ1) is 20.0. The second kappa shape index (κ2) is 8.89. The van der Waals surface area contributed by atoms with E-state index in [0.29, 0.717) is 16.0 Å². The number of nitrogens with one attached hydrogen (secondary N) is 1. The Labute approximate surface area is 161 Å². The smallest absolute Gasteiger partial charge is 0.308 e. The summed E-state index contributed by atoms with van der Waals surface area (Å²) in [5, 5.41) is 2.85. The fraction of sp³-hybridized carbons (Fsp3) is 0.368. The van der Waals surface area contributed by atoms with Gasteiger partial charge in [-0.25, -0.2) is 0 Å². The maximum atomic E-state index is 12.6. The van der Waals surface area contributed by atoms with Crippen LogP contribution in [0.25, 0.3) is 0 Å². The van der Waals surface area contributed by atoms with Crippen LogP contribution in [-0.4, -0.2) is 25.1 Å². The van der Waals surface area contributed by atoms with E-state index in [1.807, 2.05) is 0 Å². The van der Waals surface area contributed by atoms with Gasteiger partial charge in [-0.15, -0.1) is 0 Å². The average molecular weight is 424 g/mol. The molecule has 1 amide bonds. The molecule has 7 heteroatoms. The Balaban J connectivity index is 2.22. The zero-order chi connectivity index (χ0) is 19.3. The third-order valence-corrected chi connectivity index (χ3v) is 4.05. The van der Waals surface area contributed by atoms with Gasteiger partial charge in [-0.3, -0.25) is 9.59 Å². The van der Waals surface area contributed by atoms with Crippen LogP contribution in [0.1, 0.15) is 48.0 Å². The number of rotatable bonds is 7. The van der Waals surface area contributed by atoms with Crippen LogP contribution in [-0.2, 0) is 9.53 Å². The average Bonchev–Trinajstić information content (AvgIpc) is 2.92. The normalized spacial score (nSPS) is 11.9. The van der Waals surface area contributed by atoms with E-state index in [-0.39, 0.29) is 18.3 Å². The lowest BCUT2D eigenvalue weighted by Gasteiger charge is -2.19. The van der Waals surface area contributed by atoms with Gasteiger partial charge in [0.2, 0.25) is 0 Å². The molecule has 0 saturated carbocycles. The van der Waals surface area contributed by atoms with Crippen molar-refractivity contribution in [2.24, 2.45) is 0 Å². The van der Waals surface area contributed by atoms with Crippen LogP contribution in [0.3, 0.4) is 0 Å². The molecule has 1 heterocycles. The lowest BCUT2D eigenvalue weighted by Crippen LogP contribution is -2.31. The van der Waals surface area contributed by atoms with Crippen LogP contribution in [0.5, 0.6) is 5.75 Å². The molecule has 0 bridgehead atoms. The van der Waals surface area contributed by atoms with Gasteiger partial charge in [-0.2, -0.15) is 0 Å².